The van der Waals surface area contributed by atoms with Gasteiger partial charge in [0.05, 0.1) is 0 Å². The molecule has 0 saturated heterocycles. The molecule has 0 aliphatic heterocycles. The van der Waals surface area contributed by atoms with Gasteiger partial charge in [0.15, 0.2) is 0 Å². The number of carbonyl (C=O) groups is 1. The molecule has 0 aliphatic rings. The zero-order valence-corrected chi connectivity index (χ0v) is 10.8. The van der Waals surface area contributed by atoms with Crippen molar-refractivity contribution in [3.05, 3.63) is 64.9 Å². The number of rotatable bonds is 3. The van der Waals surface area contributed by atoms with Crippen molar-refractivity contribution in [3.8, 4) is 0 Å². The van der Waals surface area contributed by atoms with Crippen molar-refractivity contribution in [1.82, 2.24) is 9.88 Å². The maximum atomic E-state index is 12.1. The van der Waals surface area contributed by atoms with Crippen LogP contribution in [-0.2, 0) is 6.54 Å². The van der Waals surface area contributed by atoms with Gasteiger partial charge in [0.1, 0.15) is 5.15 Å². The van der Waals surface area contributed by atoms with Gasteiger partial charge in [-0.15, -0.1) is 0 Å². The van der Waals surface area contributed by atoms with Crippen molar-refractivity contribution in [2.24, 2.45) is 0 Å². The van der Waals surface area contributed by atoms with E-state index in [2.05, 4.69) is 4.98 Å². The summed E-state index contributed by atoms with van der Waals surface area (Å²) in [6.07, 6.45) is 1.53. The molecule has 4 heteroatoms. The number of carbonyl (C=O) groups excluding carboxylic acids is 1. The van der Waals surface area contributed by atoms with E-state index in [1.807, 2.05) is 30.3 Å². The zero-order chi connectivity index (χ0) is 13.0. The molecule has 0 N–H and O–H groups in total. The van der Waals surface area contributed by atoms with Crippen LogP contribution in [0.15, 0.2) is 48.7 Å². The Labute approximate surface area is 111 Å². The van der Waals surface area contributed by atoms with Crippen molar-refractivity contribution in [2.45, 2.75) is 6.54 Å². The summed E-state index contributed by atoms with van der Waals surface area (Å²) < 4.78 is 0. The summed E-state index contributed by atoms with van der Waals surface area (Å²) in [5.74, 6) is -0.0665. The molecule has 0 fully saturated rings. The van der Waals surface area contributed by atoms with E-state index in [9.17, 15) is 4.79 Å². The van der Waals surface area contributed by atoms with E-state index in [1.165, 1.54) is 6.20 Å². The maximum absolute atomic E-state index is 12.1. The van der Waals surface area contributed by atoms with Gasteiger partial charge in [-0.3, -0.25) is 4.79 Å². The lowest BCUT2D eigenvalue weighted by molar-refractivity contribution is 0.0785. The molecular formula is C14H13ClN2O. The van der Waals surface area contributed by atoms with Crippen LogP contribution >= 0.6 is 11.6 Å². The average Bonchev–Trinajstić information content (AvgIpc) is 2.39. The molecule has 0 spiro atoms. The molecule has 0 saturated carbocycles. The number of halogens is 1. The highest BCUT2D eigenvalue weighted by molar-refractivity contribution is 6.29. The number of aromatic nitrogens is 1. The number of amides is 1. The van der Waals surface area contributed by atoms with Crippen LogP contribution in [0.4, 0.5) is 0 Å². The third kappa shape index (κ3) is 3.08. The molecular weight excluding hydrogens is 248 g/mol. The molecule has 1 amide bonds. The Morgan fingerprint density at radius 2 is 2.00 bits per heavy atom. The van der Waals surface area contributed by atoms with Crippen LogP contribution in [0, 0.1) is 0 Å². The lowest BCUT2D eigenvalue weighted by Crippen LogP contribution is -2.26. The molecule has 0 atom stereocenters. The molecule has 0 radical (unpaired) electrons. The average molecular weight is 261 g/mol. The van der Waals surface area contributed by atoms with E-state index in [0.717, 1.165) is 5.56 Å². The Hall–Kier alpha value is -1.87. The van der Waals surface area contributed by atoms with Crippen LogP contribution < -0.4 is 0 Å². The summed E-state index contributed by atoms with van der Waals surface area (Å²) in [5.41, 5.74) is 1.64. The summed E-state index contributed by atoms with van der Waals surface area (Å²) >= 11 is 5.77. The molecule has 0 unspecified atom stereocenters. The number of hydrogen-bond donors (Lipinski definition) is 0. The summed E-state index contributed by atoms with van der Waals surface area (Å²) in [6, 6.07) is 13.1. The fraction of sp³-hybridized carbons (Fsp3) is 0.143. The first-order valence-corrected chi connectivity index (χ1v) is 5.95. The quantitative estimate of drug-likeness (QED) is 0.795. The predicted molar refractivity (Wildman–Crippen MR) is 71.5 cm³/mol. The Bertz CT molecular complexity index is 543. The second-order valence-electron chi connectivity index (χ2n) is 4.01. The fourth-order valence-electron chi connectivity index (χ4n) is 1.68. The second-order valence-corrected chi connectivity index (χ2v) is 4.40. The van der Waals surface area contributed by atoms with Crippen LogP contribution in [0.1, 0.15) is 15.9 Å². The standard InChI is InChI=1S/C14H13ClN2O/c1-17(10-11-5-3-2-4-6-11)14(18)12-7-8-16-13(15)9-12/h2-9H,10H2,1H3. The number of hydrogen-bond acceptors (Lipinski definition) is 2. The van der Waals surface area contributed by atoms with E-state index in [1.54, 1.807) is 24.1 Å². The van der Waals surface area contributed by atoms with Gasteiger partial charge >= 0.3 is 0 Å². The van der Waals surface area contributed by atoms with Gasteiger partial charge in [0.2, 0.25) is 0 Å². The number of pyridine rings is 1. The van der Waals surface area contributed by atoms with E-state index < -0.39 is 0 Å². The predicted octanol–water partition coefficient (Wildman–Crippen LogP) is 3.01. The highest BCUT2D eigenvalue weighted by Crippen LogP contribution is 2.11. The largest absolute Gasteiger partial charge is 0.337 e. The van der Waals surface area contributed by atoms with Gasteiger partial charge in [-0.1, -0.05) is 41.9 Å². The van der Waals surface area contributed by atoms with Gasteiger partial charge in [-0.25, -0.2) is 4.98 Å². The topological polar surface area (TPSA) is 33.2 Å². The van der Waals surface area contributed by atoms with Gasteiger partial charge in [0, 0.05) is 25.4 Å². The molecule has 0 aliphatic carbocycles. The lowest BCUT2D eigenvalue weighted by atomic mass is 10.2. The Kier molecular flexibility index (Phi) is 3.95. The monoisotopic (exact) mass is 260 g/mol. The Morgan fingerprint density at radius 3 is 2.67 bits per heavy atom. The number of nitrogens with zero attached hydrogens (tertiary/aromatic N) is 2. The van der Waals surface area contributed by atoms with E-state index >= 15 is 0 Å². The minimum Gasteiger partial charge on any atom is -0.337 e. The van der Waals surface area contributed by atoms with Crippen LogP contribution in [-0.4, -0.2) is 22.8 Å². The minimum atomic E-state index is -0.0665. The molecule has 1 aromatic heterocycles. The maximum Gasteiger partial charge on any atom is 0.254 e. The summed E-state index contributed by atoms with van der Waals surface area (Å²) in [6.45, 7) is 0.569. The van der Waals surface area contributed by atoms with Crippen molar-refractivity contribution in [2.75, 3.05) is 7.05 Å². The molecule has 2 aromatic rings. The third-order valence-corrected chi connectivity index (χ3v) is 2.79. The van der Waals surface area contributed by atoms with Crippen LogP contribution in [0.2, 0.25) is 5.15 Å². The van der Waals surface area contributed by atoms with Crippen LogP contribution in [0.3, 0.4) is 0 Å². The Morgan fingerprint density at radius 1 is 1.28 bits per heavy atom. The SMILES string of the molecule is CN(Cc1ccccc1)C(=O)c1ccnc(Cl)c1. The third-order valence-electron chi connectivity index (χ3n) is 2.58. The summed E-state index contributed by atoms with van der Waals surface area (Å²) in [7, 11) is 1.77. The van der Waals surface area contributed by atoms with Gasteiger partial charge in [0.25, 0.3) is 5.91 Å². The number of benzene rings is 1. The van der Waals surface area contributed by atoms with E-state index in [0.29, 0.717) is 17.3 Å². The zero-order valence-electron chi connectivity index (χ0n) is 10.0. The fourth-order valence-corrected chi connectivity index (χ4v) is 1.86. The lowest BCUT2D eigenvalue weighted by Gasteiger charge is -2.17. The Balaban J connectivity index is 2.10. The molecule has 92 valence electrons. The molecule has 2 rings (SSSR count). The molecule has 1 aromatic carbocycles. The molecule has 1 heterocycles. The van der Waals surface area contributed by atoms with Crippen molar-refractivity contribution in [1.29, 1.82) is 0 Å². The van der Waals surface area contributed by atoms with Gasteiger partial charge in [-0.2, -0.15) is 0 Å². The van der Waals surface area contributed by atoms with Crippen molar-refractivity contribution < 1.29 is 4.79 Å². The van der Waals surface area contributed by atoms with Crippen LogP contribution in [0.25, 0.3) is 0 Å². The van der Waals surface area contributed by atoms with E-state index in [-0.39, 0.29) is 5.91 Å². The van der Waals surface area contributed by atoms with E-state index in [4.69, 9.17) is 11.6 Å². The first kappa shape index (κ1) is 12.6. The summed E-state index contributed by atoms with van der Waals surface area (Å²) in [5, 5.41) is 0.328. The molecule has 3 nitrogen and oxygen atoms in total. The first-order chi connectivity index (χ1) is 8.66. The molecule has 0 bridgehead atoms. The summed E-state index contributed by atoms with van der Waals surface area (Å²) in [4.78, 5) is 17.7. The van der Waals surface area contributed by atoms with Crippen molar-refractivity contribution in [3.63, 3.8) is 0 Å². The minimum absolute atomic E-state index is 0.0665. The highest BCUT2D eigenvalue weighted by Gasteiger charge is 2.12. The molecule has 18 heavy (non-hydrogen) atoms. The highest BCUT2D eigenvalue weighted by atomic mass is 35.5. The normalized spacial score (nSPS) is 10.1. The van der Waals surface area contributed by atoms with Crippen molar-refractivity contribution >= 4 is 17.5 Å². The van der Waals surface area contributed by atoms with Gasteiger partial charge in [-0.05, 0) is 17.7 Å². The van der Waals surface area contributed by atoms with Gasteiger partial charge < -0.3 is 4.90 Å². The van der Waals surface area contributed by atoms with Crippen LogP contribution in [0.5, 0.6) is 0 Å². The first-order valence-electron chi connectivity index (χ1n) is 5.58. The smallest absolute Gasteiger partial charge is 0.254 e. The second kappa shape index (κ2) is 5.65.